The van der Waals surface area contributed by atoms with Crippen molar-refractivity contribution in [2.24, 2.45) is 14.1 Å². The Kier molecular flexibility index (Phi) is 5.10. The van der Waals surface area contributed by atoms with Crippen molar-refractivity contribution in [1.29, 1.82) is 0 Å². The van der Waals surface area contributed by atoms with E-state index in [4.69, 9.17) is 0 Å². The molecule has 0 saturated heterocycles. The summed E-state index contributed by atoms with van der Waals surface area (Å²) >= 11 is 0. The first-order valence-electron chi connectivity index (χ1n) is 5.95. The molecule has 1 aromatic heterocycles. The Bertz CT molecular complexity index is 510. The van der Waals surface area contributed by atoms with Crippen LogP contribution in [0, 0.1) is 6.92 Å². The molecule has 1 aliphatic rings. The van der Waals surface area contributed by atoms with Gasteiger partial charge in [0, 0.05) is 11.8 Å². The average Bonchev–Trinajstić information content (AvgIpc) is 2.62. The van der Waals surface area contributed by atoms with Crippen molar-refractivity contribution in [1.82, 2.24) is 4.57 Å². The second-order valence-electron chi connectivity index (χ2n) is 4.44. The highest BCUT2D eigenvalue weighted by atomic mass is 32.2. The molecule has 0 bridgehead atoms. The van der Waals surface area contributed by atoms with Crippen LogP contribution in [-0.4, -0.2) is 17.5 Å². The molecule has 0 unspecified atom stereocenters. The standard InChI is InChI=1S/C6H11N2.C6H10O3S/c1-6-7(2)4-5-8(6)3;7-10(8,9)6-4-2-1-3-5-6/h4-5H,1-3H3;4H,1-3,5H2,(H,7,8,9)/q+1;/p-1. The van der Waals surface area contributed by atoms with E-state index in [1.807, 2.05) is 26.5 Å². The molecule has 0 atom stereocenters. The summed E-state index contributed by atoms with van der Waals surface area (Å²) in [7, 11) is -0.0407. The lowest BCUT2D eigenvalue weighted by molar-refractivity contribution is -0.677. The molecule has 1 aliphatic carbocycles. The third kappa shape index (κ3) is 4.27. The van der Waals surface area contributed by atoms with E-state index in [1.54, 1.807) is 0 Å². The third-order valence-corrected chi connectivity index (χ3v) is 4.12. The molecule has 0 aromatic carbocycles. The van der Waals surface area contributed by atoms with Gasteiger partial charge in [0.1, 0.15) is 22.5 Å². The van der Waals surface area contributed by atoms with Crippen LogP contribution < -0.4 is 4.57 Å². The fourth-order valence-electron chi connectivity index (χ4n) is 1.70. The topological polar surface area (TPSA) is 66.0 Å². The van der Waals surface area contributed by atoms with Gasteiger partial charge in [0.2, 0.25) is 0 Å². The highest BCUT2D eigenvalue weighted by Crippen LogP contribution is 2.20. The van der Waals surface area contributed by atoms with E-state index in [-0.39, 0.29) is 4.91 Å². The van der Waals surface area contributed by atoms with E-state index < -0.39 is 10.1 Å². The monoisotopic (exact) mass is 272 g/mol. The quantitative estimate of drug-likeness (QED) is 0.569. The van der Waals surface area contributed by atoms with Gasteiger partial charge in [-0.25, -0.2) is 17.6 Å². The second-order valence-corrected chi connectivity index (χ2v) is 5.87. The van der Waals surface area contributed by atoms with E-state index in [9.17, 15) is 13.0 Å². The van der Waals surface area contributed by atoms with Crippen LogP contribution in [0.2, 0.25) is 0 Å². The summed E-state index contributed by atoms with van der Waals surface area (Å²) in [6.07, 6.45) is 8.60. The zero-order valence-corrected chi connectivity index (χ0v) is 11.9. The molecule has 6 heteroatoms. The van der Waals surface area contributed by atoms with Crippen LogP contribution in [0.4, 0.5) is 0 Å². The summed E-state index contributed by atoms with van der Waals surface area (Å²) in [5.41, 5.74) is 0. The van der Waals surface area contributed by atoms with Crippen molar-refractivity contribution in [3.63, 3.8) is 0 Å². The van der Waals surface area contributed by atoms with Gasteiger partial charge in [-0.05, 0) is 25.7 Å². The minimum Gasteiger partial charge on any atom is -0.744 e. The lowest BCUT2D eigenvalue weighted by atomic mass is 10.1. The van der Waals surface area contributed by atoms with Crippen molar-refractivity contribution in [2.75, 3.05) is 0 Å². The van der Waals surface area contributed by atoms with Crippen molar-refractivity contribution < 1.29 is 17.5 Å². The van der Waals surface area contributed by atoms with Crippen LogP contribution in [-0.2, 0) is 24.2 Å². The first-order chi connectivity index (χ1) is 8.32. The normalized spacial score (nSPS) is 15.7. The number of aryl methyl sites for hydroxylation is 2. The van der Waals surface area contributed by atoms with Gasteiger partial charge >= 0.3 is 0 Å². The van der Waals surface area contributed by atoms with E-state index in [0.717, 1.165) is 19.3 Å². The van der Waals surface area contributed by atoms with Crippen molar-refractivity contribution in [3.8, 4) is 0 Å². The molecule has 5 nitrogen and oxygen atoms in total. The Morgan fingerprint density at radius 1 is 1.39 bits per heavy atom. The number of aromatic nitrogens is 2. The van der Waals surface area contributed by atoms with Crippen molar-refractivity contribution >= 4 is 10.1 Å². The molecule has 0 aliphatic heterocycles. The first kappa shape index (κ1) is 14.9. The molecule has 2 rings (SSSR count). The minimum absolute atomic E-state index is 0.0822. The summed E-state index contributed by atoms with van der Waals surface area (Å²) < 4.78 is 35.3. The van der Waals surface area contributed by atoms with Crippen LogP contribution in [0.3, 0.4) is 0 Å². The predicted octanol–water partition coefficient (Wildman–Crippen LogP) is 1.15. The molecule has 102 valence electrons. The highest BCUT2D eigenvalue weighted by molar-refractivity contribution is 7.89. The number of hydrogen-bond acceptors (Lipinski definition) is 3. The molecular weight excluding hydrogens is 252 g/mol. The molecule has 0 radical (unpaired) electrons. The van der Waals surface area contributed by atoms with Crippen LogP contribution in [0.15, 0.2) is 23.4 Å². The Hall–Kier alpha value is -1.14. The second kappa shape index (κ2) is 6.15. The molecule has 0 amide bonds. The maximum Gasteiger partial charge on any atom is 0.252 e. The number of imidazole rings is 1. The lowest BCUT2D eigenvalue weighted by Gasteiger charge is -2.15. The van der Waals surface area contributed by atoms with E-state index in [0.29, 0.717) is 6.42 Å². The van der Waals surface area contributed by atoms with Gasteiger partial charge in [-0.2, -0.15) is 0 Å². The number of hydrogen-bond donors (Lipinski definition) is 0. The van der Waals surface area contributed by atoms with Gasteiger partial charge in [-0.3, -0.25) is 0 Å². The first-order valence-corrected chi connectivity index (χ1v) is 7.35. The fraction of sp³-hybridized carbons (Fsp3) is 0.583. The third-order valence-electron chi connectivity index (χ3n) is 3.11. The van der Waals surface area contributed by atoms with E-state index >= 15 is 0 Å². The number of rotatable bonds is 1. The van der Waals surface area contributed by atoms with E-state index in [2.05, 4.69) is 16.1 Å². The molecule has 0 spiro atoms. The molecule has 0 fully saturated rings. The minimum atomic E-state index is -4.11. The van der Waals surface area contributed by atoms with Crippen molar-refractivity contribution in [3.05, 3.63) is 29.2 Å². The Balaban J connectivity index is 0.000000184. The predicted molar refractivity (Wildman–Crippen MR) is 67.6 cm³/mol. The summed E-state index contributed by atoms with van der Waals surface area (Å²) in [5, 5.41) is 0. The van der Waals surface area contributed by atoms with Gasteiger partial charge in [-0.15, -0.1) is 0 Å². The van der Waals surface area contributed by atoms with Gasteiger partial charge in [0.25, 0.3) is 5.82 Å². The summed E-state index contributed by atoms with van der Waals surface area (Å²) in [5.74, 6) is 1.27. The summed E-state index contributed by atoms with van der Waals surface area (Å²) in [6.45, 7) is 2.08. The van der Waals surface area contributed by atoms with E-state index in [1.165, 1.54) is 11.9 Å². The fourth-order valence-corrected chi connectivity index (χ4v) is 2.42. The molecule has 0 saturated carbocycles. The number of nitrogens with zero attached hydrogens (tertiary/aromatic N) is 2. The van der Waals surface area contributed by atoms with Crippen LogP contribution in [0.1, 0.15) is 31.5 Å². The van der Waals surface area contributed by atoms with Gasteiger partial charge < -0.3 is 4.55 Å². The smallest absolute Gasteiger partial charge is 0.252 e. The Morgan fingerprint density at radius 2 is 2.06 bits per heavy atom. The summed E-state index contributed by atoms with van der Waals surface area (Å²) in [4.78, 5) is 0.0822. The average molecular weight is 272 g/mol. The zero-order valence-electron chi connectivity index (χ0n) is 11.1. The van der Waals surface area contributed by atoms with Crippen LogP contribution in [0.25, 0.3) is 0 Å². The molecular formula is C12H20N2O3S. The number of allylic oxidation sites excluding steroid dienone is 2. The largest absolute Gasteiger partial charge is 0.744 e. The lowest BCUT2D eigenvalue weighted by Crippen LogP contribution is -2.29. The van der Waals surface area contributed by atoms with Crippen molar-refractivity contribution in [2.45, 2.75) is 32.6 Å². The molecule has 1 aromatic rings. The molecule has 1 heterocycles. The maximum atomic E-state index is 10.4. The van der Waals surface area contributed by atoms with Gasteiger partial charge in [-0.1, -0.05) is 6.08 Å². The molecule has 18 heavy (non-hydrogen) atoms. The SMILES string of the molecule is Cc1n(C)cc[n+]1C.O=S(=O)([O-])C1=CCCCC1. The Morgan fingerprint density at radius 3 is 2.28 bits per heavy atom. The Labute approximate surface area is 109 Å². The maximum absolute atomic E-state index is 10.4. The van der Waals surface area contributed by atoms with Gasteiger partial charge in [0.05, 0.1) is 14.1 Å². The highest BCUT2D eigenvalue weighted by Gasteiger charge is 2.08. The summed E-state index contributed by atoms with van der Waals surface area (Å²) in [6, 6.07) is 0. The molecule has 0 N–H and O–H groups in total. The van der Waals surface area contributed by atoms with Gasteiger partial charge in [0.15, 0.2) is 0 Å². The van der Waals surface area contributed by atoms with Crippen LogP contribution in [0.5, 0.6) is 0 Å². The zero-order chi connectivity index (χ0) is 13.8. The van der Waals surface area contributed by atoms with Crippen LogP contribution >= 0.6 is 0 Å².